The summed E-state index contributed by atoms with van der Waals surface area (Å²) >= 11 is 11.3. The summed E-state index contributed by atoms with van der Waals surface area (Å²) in [5.41, 5.74) is 0. The van der Waals surface area contributed by atoms with E-state index < -0.39 is 4.92 Å². The summed E-state index contributed by atoms with van der Waals surface area (Å²) in [5, 5.41) is 42.7. The Morgan fingerprint density at radius 2 is 1.55 bits per heavy atom. The van der Waals surface area contributed by atoms with Crippen molar-refractivity contribution in [2.24, 2.45) is 0 Å². The molecule has 150 valence electrons. The van der Waals surface area contributed by atoms with E-state index >= 15 is 0 Å². The Kier molecular flexibility index (Phi) is 7.51. The fourth-order valence-corrected chi connectivity index (χ4v) is 6.81. The van der Waals surface area contributed by atoms with E-state index in [-0.39, 0.29) is 16.5 Å². The van der Waals surface area contributed by atoms with Gasteiger partial charge in [0.15, 0.2) is 21.3 Å². The quantitative estimate of drug-likeness (QED) is 0.148. The van der Waals surface area contributed by atoms with Crippen LogP contribution < -0.4 is 0 Å². The lowest BCUT2D eigenvalue weighted by atomic mass is 10.3. The van der Waals surface area contributed by atoms with Crippen molar-refractivity contribution >= 4 is 74.8 Å². The standard InChI is InChI=1S/C7H2N6O2S6.C6H6O2/c14-13(15)2-1-8-4(17-2)19-6-11-12-7(21-6)20-5-10-9-3(16)18-5;7-5-1-2-6(8)4-3-5/h1H,(H,9,16);1-4,7-8H. The number of nitrogens with one attached hydrogen (secondary N) is 1. The van der Waals surface area contributed by atoms with Crippen molar-refractivity contribution < 1.29 is 15.1 Å². The second-order valence-electron chi connectivity index (χ2n) is 4.65. The fourth-order valence-electron chi connectivity index (χ4n) is 1.52. The van der Waals surface area contributed by atoms with Gasteiger partial charge in [0, 0.05) is 0 Å². The van der Waals surface area contributed by atoms with E-state index in [1.54, 1.807) is 0 Å². The van der Waals surface area contributed by atoms with Crippen molar-refractivity contribution in [2.75, 3.05) is 0 Å². The highest BCUT2D eigenvalue weighted by molar-refractivity contribution is 8.04. The second kappa shape index (κ2) is 10.1. The number of hydrogen-bond acceptors (Lipinski definition) is 14. The first-order valence-electron chi connectivity index (χ1n) is 7.22. The maximum absolute atomic E-state index is 10.6. The van der Waals surface area contributed by atoms with E-state index in [4.69, 9.17) is 22.4 Å². The Labute approximate surface area is 187 Å². The molecular formula is C13H8N6O4S6. The molecule has 10 nitrogen and oxygen atoms in total. The third-order valence-electron chi connectivity index (χ3n) is 2.66. The first-order valence-corrected chi connectivity index (χ1v) is 11.7. The van der Waals surface area contributed by atoms with Crippen LogP contribution in [0.15, 0.2) is 47.8 Å². The van der Waals surface area contributed by atoms with Crippen molar-refractivity contribution in [3.8, 4) is 11.5 Å². The summed E-state index contributed by atoms with van der Waals surface area (Å²) in [4.78, 5) is 14.1. The van der Waals surface area contributed by atoms with Crippen molar-refractivity contribution in [1.29, 1.82) is 0 Å². The molecule has 16 heteroatoms. The molecule has 0 amide bonds. The van der Waals surface area contributed by atoms with Crippen LogP contribution in [0.2, 0.25) is 0 Å². The number of aromatic nitrogens is 5. The lowest BCUT2D eigenvalue weighted by Crippen LogP contribution is -1.80. The molecule has 0 aliphatic carbocycles. The number of thiazole rings is 1. The van der Waals surface area contributed by atoms with Crippen LogP contribution in [0.25, 0.3) is 0 Å². The van der Waals surface area contributed by atoms with Crippen molar-refractivity contribution in [2.45, 2.75) is 17.4 Å². The van der Waals surface area contributed by atoms with Gasteiger partial charge >= 0.3 is 5.00 Å². The van der Waals surface area contributed by atoms with Crippen LogP contribution >= 0.6 is 69.8 Å². The van der Waals surface area contributed by atoms with Crippen LogP contribution in [0.4, 0.5) is 5.00 Å². The van der Waals surface area contributed by atoms with Crippen LogP contribution in [0.1, 0.15) is 0 Å². The molecule has 0 aliphatic rings. The molecule has 29 heavy (non-hydrogen) atoms. The summed E-state index contributed by atoms with van der Waals surface area (Å²) < 4.78 is 3.32. The molecule has 0 aliphatic heterocycles. The summed E-state index contributed by atoms with van der Waals surface area (Å²) in [6.45, 7) is 0. The van der Waals surface area contributed by atoms with Crippen LogP contribution in [0, 0.1) is 14.1 Å². The molecular weight excluding hydrogens is 497 g/mol. The third-order valence-corrected chi connectivity index (χ3v) is 7.86. The van der Waals surface area contributed by atoms with Gasteiger partial charge in [-0.2, -0.15) is 5.10 Å². The molecule has 0 saturated carbocycles. The zero-order valence-electron chi connectivity index (χ0n) is 13.8. The zero-order valence-corrected chi connectivity index (χ0v) is 18.7. The van der Waals surface area contributed by atoms with E-state index in [2.05, 4.69) is 25.4 Å². The van der Waals surface area contributed by atoms with Gasteiger partial charge in [-0.15, -0.1) is 10.2 Å². The highest BCUT2D eigenvalue weighted by Gasteiger charge is 2.15. The number of benzene rings is 1. The van der Waals surface area contributed by atoms with Crippen molar-refractivity contribution in [1.82, 2.24) is 25.4 Å². The average Bonchev–Trinajstić information content (AvgIpc) is 3.41. The molecule has 0 spiro atoms. The zero-order chi connectivity index (χ0) is 20.8. The molecule has 4 aromatic rings. The van der Waals surface area contributed by atoms with Crippen LogP contribution in [-0.2, 0) is 0 Å². The molecule has 3 N–H and O–H groups in total. The minimum atomic E-state index is -0.464. The van der Waals surface area contributed by atoms with Crippen molar-refractivity contribution in [3.63, 3.8) is 0 Å². The Morgan fingerprint density at radius 1 is 0.966 bits per heavy atom. The highest BCUT2D eigenvalue weighted by atomic mass is 32.2. The summed E-state index contributed by atoms with van der Waals surface area (Å²) in [6, 6.07) is 5.70. The van der Waals surface area contributed by atoms with E-state index in [0.29, 0.717) is 12.6 Å². The molecule has 3 aromatic heterocycles. The van der Waals surface area contributed by atoms with E-state index in [1.165, 1.54) is 76.7 Å². The number of phenolic OH excluding ortho intramolecular Hbond substituents is 2. The largest absolute Gasteiger partial charge is 0.508 e. The molecule has 0 fully saturated rings. The van der Waals surface area contributed by atoms with Gasteiger partial charge in [-0.1, -0.05) is 22.7 Å². The van der Waals surface area contributed by atoms with Gasteiger partial charge in [-0.05, 0) is 71.3 Å². The lowest BCUT2D eigenvalue weighted by molar-refractivity contribution is -0.380. The molecule has 0 radical (unpaired) electrons. The first-order chi connectivity index (χ1) is 13.9. The number of aromatic hydroxyl groups is 2. The Hall–Kier alpha value is -2.11. The highest BCUT2D eigenvalue weighted by Crippen LogP contribution is 2.39. The maximum Gasteiger partial charge on any atom is 0.344 e. The SMILES string of the molecule is O=[N+]([O-])c1cnc(Sc2nnc(Sc3n[nH]c(=S)s3)s2)s1.Oc1ccc(O)cc1. The average molecular weight is 505 g/mol. The minimum Gasteiger partial charge on any atom is -0.508 e. The topological polar surface area (TPSA) is 151 Å². The van der Waals surface area contributed by atoms with Crippen LogP contribution in [0.3, 0.4) is 0 Å². The summed E-state index contributed by atoms with van der Waals surface area (Å²) in [7, 11) is 0. The van der Waals surface area contributed by atoms with Gasteiger partial charge in [-0.25, -0.2) is 4.98 Å². The monoisotopic (exact) mass is 504 g/mol. The van der Waals surface area contributed by atoms with Gasteiger partial charge in [0.2, 0.25) is 0 Å². The fraction of sp³-hybridized carbons (Fsp3) is 0. The number of rotatable bonds is 5. The number of nitrogens with zero attached hydrogens (tertiary/aromatic N) is 5. The lowest BCUT2D eigenvalue weighted by Gasteiger charge is -1.88. The summed E-state index contributed by atoms with van der Waals surface area (Å²) in [5.74, 6) is 0.339. The van der Waals surface area contributed by atoms with Crippen molar-refractivity contribution in [3.05, 3.63) is 44.5 Å². The van der Waals surface area contributed by atoms with E-state index in [0.717, 1.165) is 20.0 Å². The Bertz CT molecular complexity index is 1130. The maximum atomic E-state index is 10.6. The summed E-state index contributed by atoms with van der Waals surface area (Å²) in [6.07, 6.45) is 1.24. The van der Waals surface area contributed by atoms with Gasteiger partial charge in [0.05, 0.1) is 4.92 Å². The number of nitro groups is 1. The predicted molar refractivity (Wildman–Crippen MR) is 114 cm³/mol. The molecule has 1 aromatic carbocycles. The second-order valence-corrected chi connectivity index (χ2v) is 11.3. The smallest absolute Gasteiger partial charge is 0.344 e. The Balaban J connectivity index is 0.000000252. The molecule has 0 atom stereocenters. The van der Waals surface area contributed by atoms with E-state index in [1.807, 2.05) is 0 Å². The van der Waals surface area contributed by atoms with Gasteiger partial charge in [0.1, 0.15) is 17.7 Å². The van der Waals surface area contributed by atoms with Crippen LogP contribution in [-0.4, -0.2) is 40.5 Å². The number of aromatic amines is 1. The number of H-pyrrole nitrogens is 1. The molecule has 0 bridgehead atoms. The number of hydrogen-bond donors (Lipinski definition) is 3. The Morgan fingerprint density at radius 3 is 2.03 bits per heavy atom. The first kappa shape index (κ1) is 21.6. The van der Waals surface area contributed by atoms with Gasteiger partial charge in [-0.3, -0.25) is 15.2 Å². The normalized spacial score (nSPS) is 10.3. The molecule has 0 unspecified atom stereocenters. The van der Waals surface area contributed by atoms with E-state index in [9.17, 15) is 10.1 Å². The van der Waals surface area contributed by atoms with Gasteiger partial charge < -0.3 is 10.2 Å². The minimum absolute atomic E-state index is 0.00733. The van der Waals surface area contributed by atoms with Crippen LogP contribution in [0.5, 0.6) is 11.5 Å². The van der Waals surface area contributed by atoms with Gasteiger partial charge in [0.25, 0.3) is 0 Å². The number of phenols is 2. The molecule has 3 heterocycles. The third kappa shape index (κ3) is 6.72. The molecule has 4 rings (SSSR count). The predicted octanol–water partition coefficient (Wildman–Crippen LogP) is 4.82. The molecule has 0 saturated heterocycles.